The summed E-state index contributed by atoms with van der Waals surface area (Å²) in [6.45, 7) is 15.6. The van der Waals surface area contributed by atoms with Gasteiger partial charge in [-0.3, -0.25) is 0 Å². The molecule has 2 saturated heterocycles. The summed E-state index contributed by atoms with van der Waals surface area (Å²) in [6.07, 6.45) is 3.40. The lowest BCUT2D eigenvalue weighted by atomic mass is 9.95. The van der Waals surface area contributed by atoms with E-state index < -0.39 is 0 Å². The number of para-hydroxylation sites is 4. The summed E-state index contributed by atoms with van der Waals surface area (Å²) in [6, 6.07) is 16.8. The maximum absolute atomic E-state index is 5.45. The minimum atomic E-state index is 0.00682. The van der Waals surface area contributed by atoms with E-state index in [1.54, 1.807) is 0 Å². The van der Waals surface area contributed by atoms with Gasteiger partial charge in [0.25, 0.3) is 0 Å². The van der Waals surface area contributed by atoms with Crippen LogP contribution in [0.2, 0.25) is 0 Å². The number of morpholine rings is 2. The van der Waals surface area contributed by atoms with Crippen LogP contribution in [0.1, 0.15) is 47.0 Å². The standard InChI is InChI=1S/C17H27N3O.C16H25N3O/c1-4-5-10-17(19(2)3)18-15-8-6-7-9-16(15)20-11-13-21-14-12-20;1-16(2,3)15(17-4)18-13-7-5-6-8-14(13)19-9-11-20-12-10-19/h6-9H,4-5,10-14H2,1-3H3;5-8H,9-12H2,1-4H3,(H,17,18)/b18-17-;. The Balaban J connectivity index is 0.000000226. The van der Waals surface area contributed by atoms with Crippen molar-refractivity contribution in [3.8, 4) is 0 Å². The highest BCUT2D eigenvalue weighted by atomic mass is 16.5. The van der Waals surface area contributed by atoms with Gasteiger partial charge < -0.3 is 29.5 Å². The van der Waals surface area contributed by atoms with E-state index in [2.05, 4.69) is 104 Å². The van der Waals surface area contributed by atoms with Gasteiger partial charge in [-0.15, -0.1) is 0 Å². The van der Waals surface area contributed by atoms with Gasteiger partial charge in [-0.1, -0.05) is 58.4 Å². The van der Waals surface area contributed by atoms with Crippen LogP contribution in [-0.4, -0.2) is 90.3 Å². The van der Waals surface area contributed by atoms with Gasteiger partial charge in [-0.05, 0) is 30.7 Å². The molecule has 4 rings (SSSR count). The van der Waals surface area contributed by atoms with Gasteiger partial charge in [0.05, 0.1) is 49.2 Å². The maximum atomic E-state index is 5.45. The predicted octanol–water partition coefficient (Wildman–Crippen LogP) is 6.12. The molecule has 2 aromatic rings. The van der Waals surface area contributed by atoms with Crippen molar-refractivity contribution >= 4 is 34.4 Å². The summed E-state index contributed by atoms with van der Waals surface area (Å²) in [5, 5.41) is 3.23. The second-order valence-electron chi connectivity index (χ2n) is 11.7. The molecule has 0 amide bonds. The van der Waals surface area contributed by atoms with Crippen LogP contribution in [0.15, 0.2) is 58.5 Å². The van der Waals surface area contributed by atoms with E-state index in [1.165, 1.54) is 24.2 Å². The highest BCUT2D eigenvalue weighted by Crippen LogP contribution is 2.31. The molecule has 2 aliphatic heterocycles. The molecule has 0 unspecified atom stereocenters. The first-order valence-corrected chi connectivity index (χ1v) is 15.1. The van der Waals surface area contributed by atoms with Gasteiger partial charge in [-0.25, -0.2) is 9.98 Å². The minimum Gasteiger partial charge on any atom is -0.378 e. The summed E-state index contributed by atoms with van der Waals surface area (Å²) >= 11 is 0. The summed E-state index contributed by atoms with van der Waals surface area (Å²) < 4.78 is 10.9. The number of unbranched alkanes of at least 4 members (excludes halogenated alkanes) is 1. The van der Waals surface area contributed by atoms with E-state index in [1.807, 2.05) is 13.1 Å². The molecule has 2 aliphatic rings. The van der Waals surface area contributed by atoms with Gasteiger partial charge in [0.1, 0.15) is 11.7 Å². The van der Waals surface area contributed by atoms with Crippen molar-refractivity contribution in [2.24, 2.45) is 15.4 Å². The Morgan fingerprint density at radius 3 is 1.68 bits per heavy atom. The lowest BCUT2D eigenvalue weighted by molar-refractivity contribution is 0.122. The van der Waals surface area contributed by atoms with Crippen molar-refractivity contribution in [1.82, 2.24) is 10.2 Å². The van der Waals surface area contributed by atoms with Crippen LogP contribution >= 0.6 is 0 Å². The van der Waals surface area contributed by atoms with Gasteiger partial charge in [0.2, 0.25) is 0 Å². The normalized spacial score (nSPS) is 16.7. The Morgan fingerprint density at radius 1 is 0.805 bits per heavy atom. The summed E-state index contributed by atoms with van der Waals surface area (Å²) in [7, 11) is 6.08. The molecule has 0 radical (unpaired) electrons. The summed E-state index contributed by atoms with van der Waals surface area (Å²) in [5.41, 5.74) is 4.50. The van der Waals surface area contributed by atoms with Gasteiger partial charge in [-0.2, -0.15) is 0 Å². The molecule has 226 valence electrons. The Labute approximate surface area is 248 Å². The number of benzene rings is 2. The molecular weight excluding hydrogens is 512 g/mol. The number of nitrogens with zero attached hydrogens (tertiary/aromatic N) is 5. The first kappa shape index (κ1) is 32.4. The Kier molecular flexibility index (Phi) is 12.9. The SMILES string of the molecule is CCCC/C(=N/c1ccccc1N1CCOCC1)N(C)C.CN/C(=N\c1ccccc1N1CCOCC1)C(C)(C)C. The zero-order valence-corrected chi connectivity index (χ0v) is 26.4. The number of anilines is 2. The first-order valence-electron chi connectivity index (χ1n) is 15.1. The van der Waals surface area contributed by atoms with Crippen molar-refractivity contribution in [3.05, 3.63) is 48.5 Å². The fraction of sp³-hybridized carbons (Fsp3) is 0.576. The van der Waals surface area contributed by atoms with Crippen LogP contribution in [0, 0.1) is 5.41 Å². The lowest BCUT2D eigenvalue weighted by Gasteiger charge is -2.30. The molecule has 0 spiro atoms. The zero-order valence-electron chi connectivity index (χ0n) is 26.4. The third kappa shape index (κ3) is 10.0. The average molecular weight is 565 g/mol. The third-order valence-electron chi connectivity index (χ3n) is 7.17. The molecule has 0 aliphatic carbocycles. The second-order valence-corrected chi connectivity index (χ2v) is 11.7. The number of nitrogens with one attached hydrogen (secondary N) is 1. The van der Waals surface area contributed by atoms with E-state index in [9.17, 15) is 0 Å². The molecule has 8 heteroatoms. The lowest BCUT2D eigenvalue weighted by Crippen LogP contribution is -2.36. The van der Waals surface area contributed by atoms with Crippen LogP contribution in [0.25, 0.3) is 0 Å². The largest absolute Gasteiger partial charge is 0.378 e. The fourth-order valence-corrected chi connectivity index (χ4v) is 4.83. The molecule has 0 atom stereocenters. The molecule has 1 N–H and O–H groups in total. The predicted molar refractivity (Wildman–Crippen MR) is 175 cm³/mol. The highest BCUT2D eigenvalue weighted by molar-refractivity contribution is 5.90. The van der Waals surface area contributed by atoms with Crippen molar-refractivity contribution in [2.45, 2.75) is 47.0 Å². The van der Waals surface area contributed by atoms with Crippen LogP contribution in [0.5, 0.6) is 0 Å². The Morgan fingerprint density at radius 2 is 1.27 bits per heavy atom. The molecular formula is C33H52N6O2. The van der Waals surface area contributed by atoms with Crippen LogP contribution in [-0.2, 0) is 9.47 Å². The molecule has 41 heavy (non-hydrogen) atoms. The van der Waals surface area contributed by atoms with Crippen molar-refractivity contribution in [3.63, 3.8) is 0 Å². The quantitative estimate of drug-likeness (QED) is 0.323. The number of hydrogen-bond donors (Lipinski definition) is 1. The number of aliphatic imine (C=N–C) groups is 2. The van der Waals surface area contributed by atoms with Gasteiger partial charge in [0, 0.05) is 59.2 Å². The zero-order chi connectivity index (χ0) is 29.7. The van der Waals surface area contributed by atoms with Crippen LogP contribution in [0.4, 0.5) is 22.7 Å². The van der Waals surface area contributed by atoms with Crippen LogP contribution < -0.4 is 15.1 Å². The number of rotatable bonds is 7. The topological polar surface area (TPSA) is 64.9 Å². The maximum Gasteiger partial charge on any atom is 0.107 e. The van der Waals surface area contributed by atoms with Gasteiger partial charge >= 0.3 is 0 Å². The number of ether oxygens (including phenoxy) is 2. The van der Waals surface area contributed by atoms with Gasteiger partial charge in [0.15, 0.2) is 0 Å². The molecule has 8 nitrogen and oxygen atoms in total. The monoisotopic (exact) mass is 564 g/mol. The molecule has 2 heterocycles. The first-order chi connectivity index (χ1) is 19.7. The van der Waals surface area contributed by atoms with E-state index in [4.69, 9.17) is 19.5 Å². The Hall–Kier alpha value is -3.10. The number of amidine groups is 2. The summed E-state index contributed by atoms with van der Waals surface area (Å²) in [5.74, 6) is 2.15. The van der Waals surface area contributed by atoms with Crippen molar-refractivity contribution in [2.75, 3.05) is 83.5 Å². The van der Waals surface area contributed by atoms with Crippen molar-refractivity contribution < 1.29 is 9.47 Å². The van der Waals surface area contributed by atoms with E-state index in [0.29, 0.717) is 0 Å². The van der Waals surface area contributed by atoms with Crippen LogP contribution in [0.3, 0.4) is 0 Å². The Bertz CT molecular complexity index is 1110. The third-order valence-corrected chi connectivity index (χ3v) is 7.17. The molecule has 0 bridgehead atoms. The van der Waals surface area contributed by atoms with E-state index in [0.717, 1.165) is 82.1 Å². The van der Waals surface area contributed by atoms with E-state index >= 15 is 0 Å². The second kappa shape index (κ2) is 16.4. The molecule has 0 aromatic heterocycles. The van der Waals surface area contributed by atoms with E-state index in [-0.39, 0.29) is 5.41 Å². The summed E-state index contributed by atoms with van der Waals surface area (Å²) in [4.78, 5) is 16.6. The smallest absolute Gasteiger partial charge is 0.107 e. The molecule has 0 saturated carbocycles. The minimum absolute atomic E-state index is 0.00682. The highest BCUT2D eigenvalue weighted by Gasteiger charge is 2.20. The number of hydrogen-bond acceptors (Lipinski definition) is 6. The fourth-order valence-electron chi connectivity index (χ4n) is 4.83. The average Bonchev–Trinajstić information content (AvgIpc) is 2.99. The van der Waals surface area contributed by atoms with Crippen molar-refractivity contribution in [1.29, 1.82) is 0 Å². The molecule has 2 fully saturated rings. The molecule has 2 aromatic carbocycles.